The summed E-state index contributed by atoms with van der Waals surface area (Å²) in [5, 5.41) is 17.2. The molecule has 1 amide bonds. The monoisotopic (exact) mass is 265 g/mol. The number of hydrogen-bond donors (Lipinski definition) is 1. The maximum absolute atomic E-state index is 12.2. The largest absolute Gasteiger partial charge is 0.476 e. The number of carboxylic acid groups (broad SMARTS) is 1. The molecule has 94 valence electrons. The molecule has 0 saturated heterocycles. The molecule has 0 aromatic carbocycles. The van der Waals surface area contributed by atoms with Crippen molar-refractivity contribution in [2.75, 3.05) is 6.54 Å². The van der Waals surface area contributed by atoms with Crippen LogP contribution in [0.2, 0.25) is 0 Å². The minimum Gasteiger partial charge on any atom is -0.476 e. The number of aromatic carboxylic acids is 1. The molecule has 1 saturated carbocycles. The molecule has 6 nitrogen and oxygen atoms in total. The number of nitrogens with zero attached hydrogens (tertiary/aromatic N) is 3. The van der Waals surface area contributed by atoms with Crippen molar-refractivity contribution in [1.29, 1.82) is 5.26 Å². The highest BCUT2D eigenvalue weighted by atomic mass is 32.1. The standard InChI is InChI=1S/C11H11N3O3S/c12-4-1-5-14(7-2-3-7)10(15)8-6-13-9(18-8)11(16)17/h6-7H,1-3,5H2,(H,16,17). The van der Waals surface area contributed by atoms with E-state index in [1.807, 2.05) is 6.07 Å². The van der Waals surface area contributed by atoms with Crippen molar-refractivity contribution in [3.63, 3.8) is 0 Å². The van der Waals surface area contributed by atoms with Gasteiger partial charge >= 0.3 is 5.97 Å². The van der Waals surface area contributed by atoms with Gasteiger partial charge in [-0.2, -0.15) is 5.26 Å². The molecule has 18 heavy (non-hydrogen) atoms. The van der Waals surface area contributed by atoms with E-state index in [1.54, 1.807) is 4.90 Å². The van der Waals surface area contributed by atoms with Gasteiger partial charge < -0.3 is 10.0 Å². The van der Waals surface area contributed by atoms with E-state index in [2.05, 4.69) is 4.98 Å². The SMILES string of the molecule is N#CCCN(C(=O)c1cnc(C(=O)O)s1)C1CC1. The van der Waals surface area contributed by atoms with E-state index < -0.39 is 5.97 Å². The third-order valence-electron chi connectivity index (χ3n) is 2.61. The number of aromatic nitrogens is 1. The Morgan fingerprint density at radius 3 is 2.83 bits per heavy atom. The van der Waals surface area contributed by atoms with Crippen molar-refractivity contribution >= 4 is 23.2 Å². The number of amides is 1. The van der Waals surface area contributed by atoms with Gasteiger partial charge in [0, 0.05) is 12.6 Å². The fourth-order valence-corrected chi connectivity index (χ4v) is 2.33. The van der Waals surface area contributed by atoms with Crippen LogP contribution in [0.15, 0.2) is 6.20 Å². The van der Waals surface area contributed by atoms with Gasteiger partial charge in [-0.05, 0) is 12.8 Å². The average molecular weight is 265 g/mol. The van der Waals surface area contributed by atoms with Crippen molar-refractivity contribution in [2.45, 2.75) is 25.3 Å². The summed E-state index contributed by atoms with van der Waals surface area (Å²) in [6, 6.07) is 2.21. The number of hydrogen-bond acceptors (Lipinski definition) is 5. The van der Waals surface area contributed by atoms with Crippen LogP contribution < -0.4 is 0 Å². The molecule has 1 aliphatic rings. The highest BCUT2D eigenvalue weighted by molar-refractivity contribution is 7.15. The van der Waals surface area contributed by atoms with Crippen LogP contribution in [0.5, 0.6) is 0 Å². The van der Waals surface area contributed by atoms with Gasteiger partial charge in [-0.1, -0.05) is 0 Å². The van der Waals surface area contributed by atoms with Gasteiger partial charge in [-0.25, -0.2) is 9.78 Å². The smallest absolute Gasteiger partial charge is 0.365 e. The number of carbonyl (C=O) groups excluding carboxylic acids is 1. The molecule has 1 N–H and O–H groups in total. The lowest BCUT2D eigenvalue weighted by atomic mass is 10.3. The van der Waals surface area contributed by atoms with E-state index in [0.29, 0.717) is 11.4 Å². The molecule has 0 unspecified atom stereocenters. The van der Waals surface area contributed by atoms with Gasteiger partial charge in [0.1, 0.15) is 4.88 Å². The second-order valence-electron chi connectivity index (χ2n) is 3.97. The van der Waals surface area contributed by atoms with E-state index in [1.165, 1.54) is 6.20 Å². The van der Waals surface area contributed by atoms with Crippen molar-refractivity contribution in [2.24, 2.45) is 0 Å². The lowest BCUT2D eigenvalue weighted by Gasteiger charge is -2.19. The van der Waals surface area contributed by atoms with Crippen LogP contribution in [0.4, 0.5) is 0 Å². The zero-order valence-corrected chi connectivity index (χ0v) is 10.3. The van der Waals surface area contributed by atoms with Crippen LogP contribution in [0, 0.1) is 11.3 Å². The summed E-state index contributed by atoms with van der Waals surface area (Å²) in [6.07, 6.45) is 3.47. The predicted molar refractivity (Wildman–Crippen MR) is 63.4 cm³/mol. The number of nitriles is 1. The molecule has 1 aromatic heterocycles. The van der Waals surface area contributed by atoms with Gasteiger partial charge in [0.15, 0.2) is 0 Å². The van der Waals surface area contributed by atoms with Crippen LogP contribution in [-0.4, -0.2) is 39.5 Å². The first-order valence-corrected chi connectivity index (χ1v) is 6.32. The van der Waals surface area contributed by atoms with Crippen molar-refractivity contribution in [3.8, 4) is 6.07 Å². The van der Waals surface area contributed by atoms with Crippen LogP contribution in [0.3, 0.4) is 0 Å². The molecular formula is C11H11N3O3S. The van der Waals surface area contributed by atoms with E-state index in [-0.39, 0.29) is 23.4 Å². The van der Waals surface area contributed by atoms with Gasteiger partial charge in [0.05, 0.1) is 18.7 Å². The predicted octanol–water partition coefficient (Wildman–Crippen LogP) is 1.36. The Bertz CT molecular complexity index is 516. The molecule has 1 fully saturated rings. The molecule has 1 heterocycles. The van der Waals surface area contributed by atoms with Crippen molar-refractivity contribution in [1.82, 2.24) is 9.88 Å². The first kappa shape index (κ1) is 12.5. The normalized spacial score (nSPS) is 13.9. The van der Waals surface area contributed by atoms with Crippen LogP contribution >= 0.6 is 11.3 Å². The minimum absolute atomic E-state index is 0.0885. The first-order valence-electron chi connectivity index (χ1n) is 5.50. The number of carbonyl (C=O) groups is 2. The van der Waals surface area contributed by atoms with Crippen LogP contribution in [-0.2, 0) is 0 Å². The molecule has 0 radical (unpaired) electrons. The Hall–Kier alpha value is -1.94. The van der Waals surface area contributed by atoms with Crippen LogP contribution in [0.25, 0.3) is 0 Å². The number of carboxylic acids is 1. The molecule has 0 bridgehead atoms. The molecule has 1 aliphatic carbocycles. The maximum Gasteiger partial charge on any atom is 0.365 e. The Kier molecular flexibility index (Phi) is 3.58. The third-order valence-corrected chi connectivity index (χ3v) is 3.59. The number of rotatable bonds is 5. The zero-order chi connectivity index (χ0) is 13.1. The van der Waals surface area contributed by atoms with Crippen LogP contribution in [0.1, 0.15) is 38.7 Å². The summed E-state index contributed by atoms with van der Waals surface area (Å²) in [7, 11) is 0. The topological polar surface area (TPSA) is 94.3 Å². The van der Waals surface area contributed by atoms with Gasteiger partial charge in [-0.3, -0.25) is 4.79 Å². The highest BCUT2D eigenvalue weighted by Gasteiger charge is 2.33. The highest BCUT2D eigenvalue weighted by Crippen LogP contribution is 2.29. The van der Waals surface area contributed by atoms with E-state index in [4.69, 9.17) is 10.4 Å². The zero-order valence-electron chi connectivity index (χ0n) is 9.50. The van der Waals surface area contributed by atoms with Crippen molar-refractivity contribution in [3.05, 3.63) is 16.1 Å². The Morgan fingerprint density at radius 1 is 1.61 bits per heavy atom. The maximum atomic E-state index is 12.2. The molecule has 0 aliphatic heterocycles. The Balaban J connectivity index is 2.11. The van der Waals surface area contributed by atoms with E-state index in [0.717, 1.165) is 24.2 Å². The molecule has 0 atom stereocenters. The van der Waals surface area contributed by atoms with E-state index >= 15 is 0 Å². The Labute approximate surface area is 107 Å². The molecule has 7 heteroatoms. The van der Waals surface area contributed by atoms with Gasteiger partial charge in [-0.15, -0.1) is 11.3 Å². The summed E-state index contributed by atoms with van der Waals surface area (Å²) in [6.45, 7) is 0.389. The molecular weight excluding hydrogens is 254 g/mol. The summed E-state index contributed by atoms with van der Waals surface area (Å²) in [5.41, 5.74) is 0. The molecule has 1 aromatic rings. The summed E-state index contributed by atoms with van der Waals surface area (Å²) in [5.74, 6) is -1.35. The average Bonchev–Trinajstić information content (AvgIpc) is 3.05. The molecule has 2 rings (SSSR count). The van der Waals surface area contributed by atoms with Gasteiger partial charge in [0.2, 0.25) is 5.01 Å². The lowest BCUT2D eigenvalue weighted by Crippen LogP contribution is -2.33. The Morgan fingerprint density at radius 2 is 2.33 bits per heavy atom. The quantitative estimate of drug-likeness (QED) is 0.867. The summed E-state index contributed by atoms with van der Waals surface area (Å²) >= 11 is 0.871. The van der Waals surface area contributed by atoms with E-state index in [9.17, 15) is 9.59 Å². The summed E-state index contributed by atoms with van der Waals surface area (Å²) in [4.78, 5) is 28.5. The second kappa shape index (κ2) is 5.14. The third kappa shape index (κ3) is 2.65. The number of thiazole rings is 1. The van der Waals surface area contributed by atoms with Crippen molar-refractivity contribution < 1.29 is 14.7 Å². The first-order chi connectivity index (χ1) is 8.63. The van der Waals surface area contributed by atoms with Gasteiger partial charge in [0.25, 0.3) is 5.91 Å². The lowest BCUT2D eigenvalue weighted by molar-refractivity contribution is 0.0695. The fourth-order valence-electron chi connectivity index (χ4n) is 1.62. The summed E-state index contributed by atoms with van der Waals surface area (Å²) < 4.78 is 0. The molecule has 0 spiro atoms. The fraction of sp³-hybridized carbons (Fsp3) is 0.455. The second-order valence-corrected chi connectivity index (χ2v) is 5.00. The minimum atomic E-state index is -1.13.